The number of thiophene rings is 1. The third-order valence-corrected chi connectivity index (χ3v) is 8.60. The normalized spacial score (nSPS) is 17.6. The van der Waals surface area contributed by atoms with Gasteiger partial charge in [0.2, 0.25) is 0 Å². The van der Waals surface area contributed by atoms with Gasteiger partial charge in [0.05, 0.1) is 4.88 Å². The number of rotatable bonds is 7. The monoisotopic (exact) mass is 387 g/mol. The second-order valence-electron chi connectivity index (χ2n) is 6.96. The highest BCUT2D eigenvalue weighted by atomic mass is 32.2. The molecule has 2 heterocycles. The number of sulfonamides is 1. The molecule has 0 radical (unpaired) electrons. The summed E-state index contributed by atoms with van der Waals surface area (Å²) >= 11 is 1.03. The summed E-state index contributed by atoms with van der Waals surface area (Å²) in [5.41, 5.74) is 5.77. The summed E-state index contributed by atoms with van der Waals surface area (Å²) in [6.07, 6.45) is 3.29. The summed E-state index contributed by atoms with van der Waals surface area (Å²) < 4.78 is 27.2. The molecule has 0 aromatic carbocycles. The third kappa shape index (κ3) is 4.81. The molecular weight excluding hydrogens is 358 g/mol. The molecule has 0 bridgehead atoms. The van der Waals surface area contributed by atoms with E-state index in [-0.39, 0.29) is 10.1 Å². The van der Waals surface area contributed by atoms with Crippen LogP contribution in [0, 0.1) is 5.92 Å². The number of piperidine rings is 1. The van der Waals surface area contributed by atoms with Crippen LogP contribution in [-0.2, 0) is 10.0 Å². The molecule has 25 heavy (non-hydrogen) atoms. The SMILES string of the molecule is CCC(N)(CC)CNC(=O)c1ccc(S(=O)(=O)N2CCC(C)CC2)s1. The van der Waals surface area contributed by atoms with Crippen LogP contribution in [0.5, 0.6) is 0 Å². The third-order valence-electron chi connectivity index (χ3n) is 5.15. The van der Waals surface area contributed by atoms with Crippen molar-refractivity contribution in [1.29, 1.82) is 0 Å². The zero-order valence-corrected chi connectivity index (χ0v) is 16.9. The van der Waals surface area contributed by atoms with Crippen LogP contribution < -0.4 is 11.1 Å². The number of nitrogens with zero attached hydrogens (tertiary/aromatic N) is 1. The summed E-state index contributed by atoms with van der Waals surface area (Å²) in [5, 5.41) is 2.83. The Kier molecular flexibility index (Phi) is 6.64. The van der Waals surface area contributed by atoms with Crippen LogP contribution in [0.4, 0.5) is 0 Å². The first-order valence-corrected chi connectivity index (χ1v) is 11.1. The summed E-state index contributed by atoms with van der Waals surface area (Å²) in [6.45, 7) is 7.59. The van der Waals surface area contributed by atoms with Crippen molar-refractivity contribution in [2.75, 3.05) is 19.6 Å². The second-order valence-corrected chi connectivity index (χ2v) is 10.2. The van der Waals surface area contributed by atoms with E-state index in [9.17, 15) is 13.2 Å². The minimum absolute atomic E-state index is 0.234. The molecule has 8 heteroatoms. The molecule has 0 saturated carbocycles. The molecule has 1 aliphatic rings. The number of carbonyl (C=O) groups is 1. The van der Waals surface area contributed by atoms with Gasteiger partial charge in [0, 0.05) is 25.2 Å². The van der Waals surface area contributed by atoms with E-state index in [0.29, 0.717) is 30.4 Å². The molecule has 1 aromatic rings. The van der Waals surface area contributed by atoms with Gasteiger partial charge in [-0.05, 0) is 43.7 Å². The van der Waals surface area contributed by atoms with E-state index in [4.69, 9.17) is 5.73 Å². The average Bonchev–Trinajstić information content (AvgIpc) is 3.11. The minimum atomic E-state index is -3.50. The molecule has 3 N–H and O–H groups in total. The first kappa shape index (κ1) is 20.4. The van der Waals surface area contributed by atoms with Crippen molar-refractivity contribution in [2.45, 2.75) is 56.2 Å². The molecule has 0 aliphatic carbocycles. The Bertz CT molecular complexity index is 688. The van der Waals surface area contributed by atoms with Crippen molar-refractivity contribution in [2.24, 2.45) is 11.7 Å². The second kappa shape index (κ2) is 8.16. The Hall–Kier alpha value is -0.960. The molecule has 0 unspecified atom stereocenters. The van der Waals surface area contributed by atoms with Gasteiger partial charge in [-0.1, -0.05) is 20.8 Å². The minimum Gasteiger partial charge on any atom is -0.349 e. The van der Waals surface area contributed by atoms with E-state index in [0.717, 1.165) is 37.0 Å². The number of hydrogen-bond acceptors (Lipinski definition) is 5. The maximum Gasteiger partial charge on any atom is 0.261 e. The summed E-state index contributed by atoms with van der Waals surface area (Å²) in [4.78, 5) is 12.7. The van der Waals surface area contributed by atoms with Crippen LogP contribution in [0.2, 0.25) is 0 Å². The lowest BCUT2D eigenvalue weighted by Crippen LogP contribution is -2.49. The molecule has 1 fully saturated rings. The first-order chi connectivity index (χ1) is 11.7. The lowest BCUT2D eigenvalue weighted by molar-refractivity contribution is 0.0946. The van der Waals surface area contributed by atoms with Crippen molar-refractivity contribution >= 4 is 27.3 Å². The lowest BCUT2D eigenvalue weighted by atomic mass is 9.94. The number of nitrogens with two attached hydrogens (primary N) is 1. The molecule has 1 amide bonds. The average molecular weight is 388 g/mol. The number of hydrogen-bond donors (Lipinski definition) is 2. The largest absolute Gasteiger partial charge is 0.349 e. The highest BCUT2D eigenvalue weighted by Gasteiger charge is 2.30. The highest BCUT2D eigenvalue weighted by molar-refractivity contribution is 7.91. The van der Waals surface area contributed by atoms with Gasteiger partial charge in [0.25, 0.3) is 15.9 Å². The Morgan fingerprint density at radius 3 is 2.48 bits per heavy atom. The van der Waals surface area contributed by atoms with Crippen LogP contribution in [0.1, 0.15) is 56.1 Å². The van der Waals surface area contributed by atoms with Gasteiger partial charge in [-0.3, -0.25) is 4.79 Å². The zero-order chi connectivity index (χ0) is 18.7. The molecular formula is C17H29N3O3S2. The predicted molar refractivity (Wildman–Crippen MR) is 101 cm³/mol. The Labute approximate surface area is 154 Å². The fraction of sp³-hybridized carbons (Fsp3) is 0.706. The van der Waals surface area contributed by atoms with Crippen molar-refractivity contribution in [3.63, 3.8) is 0 Å². The predicted octanol–water partition coefficient (Wildman–Crippen LogP) is 2.42. The van der Waals surface area contributed by atoms with Crippen molar-refractivity contribution in [3.05, 3.63) is 17.0 Å². The zero-order valence-electron chi connectivity index (χ0n) is 15.2. The summed E-state index contributed by atoms with van der Waals surface area (Å²) in [7, 11) is -3.50. The van der Waals surface area contributed by atoms with E-state index in [1.807, 2.05) is 13.8 Å². The van der Waals surface area contributed by atoms with Gasteiger partial charge in [-0.2, -0.15) is 4.31 Å². The van der Waals surface area contributed by atoms with Gasteiger partial charge in [-0.25, -0.2) is 8.42 Å². The molecule has 0 spiro atoms. The van der Waals surface area contributed by atoms with Crippen molar-refractivity contribution in [3.8, 4) is 0 Å². The van der Waals surface area contributed by atoms with E-state index < -0.39 is 15.6 Å². The van der Waals surface area contributed by atoms with Gasteiger partial charge >= 0.3 is 0 Å². The van der Waals surface area contributed by atoms with Gasteiger partial charge in [-0.15, -0.1) is 11.3 Å². The van der Waals surface area contributed by atoms with E-state index in [1.165, 1.54) is 10.4 Å². The number of carbonyl (C=O) groups excluding carboxylic acids is 1. The fourth-order valence-electron chi connectivity index (χ4n) is 2.78. The Balaban J connectivity index is 2.05. The maximum atomic E-state index is 12.7. The van der Waals surface area contributed by atoms with Crippen LogP contribution in [0.15, 0.2) is 16.3 Å². The lowest BCUT2D eigenvalue weighted by Gasteiger charge is -2.28. The Morgan fingerprint density at radius 2 is 1.92 bits per heavy atom. The highest BCUT2D eigenvalue weighted by Crippen LogP contribution is 2.28. The molecule has 0 atom stereocenters. The fourth-order valence-corrected chi connectivity index (χ4v) is 5.62. The molecule has 1 saturated heterocycles. The van der Waals surface area contributed by atoms with Crippen LogP contribution in [0.25, 0.3) is 0 Å². The van der Waals surface area contributed by atoms with Gasteiger partial charge < -0.3 is 11.1 Å². The maximum absolute atomic E-state index is 12.7. The molecule has 1 aromatic heterocycles. The van der Waals surface area contributed by atoms with Crippen molar-refractivity contribution in [1.82, 2.24) is 9.62 Å². The number of nitrogens with one attached hydrogen (secondary N) is 1. The van der Waals surface area contributed by atoms with Crippen LogP contribution in [-0.4, -0.2) is 43.8 Å². The quantitative estimate of drug-likeness (QED) is 0.751. The summed E-state index contributed by atoms with van der Waals surface area (Å²) in [5.74, 6) is 0.292. The topological polar surface area (TPSA) is 92.5 Å². The first-order valence-electron chi connectivity index (χ1n) is 8.89. The van der Waals surface area contributed by atoms with E-state index >= 15 is 0 Å². The Morgan fingerprint density at radius 1 is 1.32 bits per heavy atom. The van der Waals surface area contributed by atoms with E-state index in [1.54, 1.807) is 6.07 Å². The standard InChI is InChI=1S/C17H29N3O3S2/c1-4-17(18,5-2)12-19-16(21)14-6-7-15(24-14)25(22,23)20-10-8-13(3)9-11-20/h6-7,13H,4-5,8-12,18H2,1-3H3,(H,19,21). The number of amides is 1. The smallest absolute Gasteiger partial charge is 0.261 e. The van der Waals surface area contributed by atoms with E-state index in [2.05, 4.69) is 12.2 Å². The van der Waals surface area contributed by atoms with Gasteiger partial charge in [0.15, 0.2) is 0 Å². The summed E-state index contributed by atoms with van der Waals surface area (Å²) in [6, 6.07) is 3.11. The molecule has 1 aliphatic heterocycles. The molecule has 6 nitrogen and oxygen atoms in total. The van der Waals surface area contributed by atoms with Crippen LogP contribution >= 0.6 is 11.3 Å². The molecule has 2 rings (SSSR count). The van der Waals surface area contributed by atoms with Crippen molar-refractivity contribution < 1.29 is 13.2 Å². The van der Waals surface area contributed by atoms with Crippen LogP contribution in [0.3, 0.4) is 0 Å². The van der Waals surface area contributed by atoms with Gasteiger partial charge in [0.1, 0.15) is 4.21 Å². The molecule has 142 valence electrons.